The maximum absolute atomic E-state index is 11.5. The minimum atomic E-state index is -0.877. The van der Waals surface area contributed by atoms with E-state index in [-0.39, 0.29) is 11.7 Å². The number of anilines is 2. The van der Waals surface area contributed by atoms with Crippen LogP contribution in [0.2, 0.25) is 10.0 Å². The van der Waals surface area contributed by atoms with Gasteiger partial charge in [-0.25, -0.2) is 4.79 Å². The van der Waals surface area contributed by atoms with Crippen LogP contribution < -0.4 is 10.1 Å². The summed E-state index contributed by atoms with van der Waals surface area (Å²) in [6.07, 6.45) is -0.877. The Morgan fingerprint density at radius 3 is 2.58 bits per heavy atom. The fourth-order valence-corrected chi connectivity index (χ4v) is 2.48. The topological polar surface area (TPSA) is 81.5 Å². The van der Waals surface area contributed by atoms with Gasteiger partial charge in [-0.15, -0.1) is 10.2 Å². The molecule has 0 aliphatic heterocycles. The first-order valence-corrected chi connectivity index (χ1v) is 8.87. The number of hydrogen-bond donors (Lipinski definition) is 1. The fourth-order valence-electron chi connectivity index (χ4n) is 2.18. The van der Waals surface area contributed by atoms with Crippen molar-refractivity contribution in [2.45, 2.75) is 20.4 Å². The van der Waals surface area contributed by atoms with E-state index in [1.807, 2.05) is 0 Å². The average Bonchev–Trinajstić information content (AvgIpc) is 3.00. The molecule has 1 aromatic carbocycles. The Balaban J connectivity index is 2.20. The molecule has 2 rings (SSSR count). The maximum atomic E-state index is 11.5. The van der Waals surface area contributed by atoms with Gasteiger partial charge in [-0.1, -0.05) is 37.0 Å². The summed E-state index contributed by atoms with van der Waals surface area (Å²) < 4.78 is 9.59. The Morgan fingerprint density at radius 1 is 1.23 bits per heavy atom. The van der Waals surface area contributed by atoms with Gasteiger partial charge < -0.3 is 19.7 Å². The third kappa shape index (κ3) is 5.48. The average molecular weight is 402 g/mol. The van der Waals surface area contributed by atoms with Crippen LogP contribution in [0.15, 0.2) is 18.2 Å². The van der Waals surface area contributed by atoms with Crippen LogP contribution in [0, 0.1) is 0 Å². The van der Waals surface area contributed by atoms with Gasteiger partial charge >= 0.3 is 6.16 Å². The molecule has 0 unspecified atom stereocenters. The summed E-state index contributed by atoms with van der Waals surface area (Å²) >= 11 is 11.9. The quantitative estimate of drug-likeness (QED) is 0.673. The van der Waals surface area contributed by atoms with Gasteiger partial charge in [-0.2, -0.15) is 4.80 Å². The summed E-state index contributed by atoms with van der Waals surface area (Å²) in [6, 6.07) is 5.02. The lowest BCUT2D eigenvalue weighted by Gasteiger charge is -2.16. The van der Waals surface area contributed by atoms with Crippen molar-refractivity contribution in [1.82, 2.24) is 19.9 Å². The highest BCUT2D eigenvalue weighted by molar-refractivity contribution is 6.42. The van der Waals surface area contributed by atoms with E-state index in [2.05, 4.69) is 39.0 Å². The predicted octanol–water partition coefficient (Wildman–Crippen LogP) is 3.82. The van der Waals surface area contributed by atoms with E-state index in [0.717, 1.165) is 19.6 Å². The van der Waals surface area contributed by atoms with E-state index in [4.69, 9.17) is 27.9 Å². The van der Waals surface area contributed by atoms with Crippen LogP contribution in [-0.2, 0) is 11.3 Å². The van der Waals surface area contributed by atoms with Gasteiger partial charge in [-0.3, -0.25) is 0 Å². The van der Waals surface area contributed by atoms with Crippen LogP contribution in [0.1, 0.15) is 13.8 Å². The summed E-state index contributed by atoms with van der Waals surface area (Å²) in [7, 11) is 1.22. The normalized spacial score (nSPS) is 10.8. The van der Waals surface area contributed by atoms with E-state index >= 15 is 0 Å². The lowest BCUT2D eigenvalue weighted by molar-refractivity contribution is 0.119. The van der Waals surface area contributed by atoms with Crippen LogP contribution in [0.4, 0.5) is 16.3 Å². The number of hydrogen-bond acceptors (Lipinski definition) is 7. The van der Waals surface area contributed by atoms with Gasteiger partial charge in [0.25, 0.3) is 5.88 Å². The second-order valence-corrected chi connectivity index (χ2v) is 6.10. The Bertz CT molecular complexity index is 749. The fraction of sp³-hybridized carbons (Fsp3) is 0.438. The van der Waals surface area contributed by atoms with Crippen molar-refractivity contribution in [2.24, 2.45) is 0 Å². The molecule has 0 aliphatic carbocycles. The molecule has 0 saturated carbocycles. The zero-order chi connectivity index (χ0) is 19.1. The number of aromatic nitrogens is 3. The summed E-state index contributed by atoms with van der Waals surface area (Å²) in [5.41, 5.74) is 0.630. The molecule has 10 heteroatoms. The van der Waals surface area contributed by atoms with Gasteiger partial charge in [0.05, 0.1) is 23.7 Å². The monoisotopic (exact) mass is 401 g/mol. The molecule has 0 amide bonds. The molecule has 142 valence electrons. The number of ether oxygens (including phenoxy) is 2. The molecule has 0 atom stereocenters. The van der Waals surface area contributed by atoms with E-state index in [1.54, 1.807) is 18.2 Å². The van der Waals surface area contributed by atoms with Crippen LogP contribution in [0.3, 0.4) is 0 Å². The first-order chi connectivity index (χ1) is 12.5. The van der Waals surface area contributed by atoms with E-state index in [0.29, 0.717) is 22.3 Å². The van der Waals surface area contributed by atoms with Crippen molar-refractivity contribution in [2.75, 3.05) is 32.1 Å². The van der Waals surface area contributed by atoms with Crippen LogP contribution >= 0.6 is 23.2 Å². The maximum Gasteiger partial charge on any atom is 0.515 e. The number of carbonyl (C=O) groups is 1. The number of likely N-dealkylation sites (N-methyl/N-ethyl adjacent to an activating group) is 1. The van der Waals surface area contributed by atoms with Gasteiger partial charge in [0.15, 0.2) is 0 Å². The standard InChI is InChI=1S/C16H21Cl2N5O3/c1-4-22(5-2)8-9-23-20-14(15(21-23)26-16(24)25-3)19-11-6-7-12(17)13(18)10-11/h6-7,10H,4-5,8-9H2,1-3H3,(H,19,20). The number of benzene rings is 1. The molecule has 1 N–H and O–H groups in total. The van der Waals surface area contributed by atoms with Crippen molar-refractivity contribution in [3.05, 3.63) is 28.2 Å². The Labute approximate surface area is 162 Å². The Hall–Kier alpha value is -2.03. The smallest absolute Gasteiger partial charge is 0.437 e. The van der Waals surface area contributed by atoms with Crippen LogP contribution in [-0.4, -0.2) is 52.8 Å². The SMILES string of the molecule is CCN(CC)CCn1nc(Nc2ccc(Cl)c(Cl)c2)c(OC(=O)OC)n1. The largest absolute Gasteiger partial charge is 0.515 e. The van der Waals surface area contributed by atoms with Crippen LogP contribution in [0.5, 0.6) is 5.88 Å². The van der Waals surface area contributed by atoms with E-state index in [9.17, 15) is 4.79 Å². The summed E-state index contributed by atoms with van der Waals surface area (Å²) in [5.74, 6) is 0.288. The Kier molecular flexibility index (Phi) is 7.50. The molecular weight excluding hydrogens is 381 g/mol. The highest BCUT2D eigenvalue weighted by atomic mass is 35.5. The third-order valence-electron chi connectivity index (χ3n) is 3.66. The molecule has 1 heterocycles. The number of carbonyl (C=O) groups excluding carboxylic acids is 1. The minimum Gasteiger partial charge on any atom is -0.437 e. The van der Waals surface area contributed by atoms with Crippen molar-refractivity contribution in [1.29, 1.82) is 0 Å². The van der Waals surface area contributed by atoms with Gasteiger partial charge in [0, 0.05) is 12.2 Å². The van der Waals surface area contributed by atoms with Gasteiger partial charge in [-0.05, 0) is 31.3 Å². The predicted molar refractivity (Wildman–Crippen MR) is 101 cm³/mol. The van der Waals surface area contributed by atoms with Crippen molar-refractivity contribution < 1.29 is 14.3 Å². The van der Waals surface area contributed by atoms with Gasteiger partial charge in [0.1, 0.15) is 0 Å². The highest BCUT2D eigenvalue weighted by Gasteiger charge is 2.17. The van der Waals surface area contributed by atoms with Crippen molar-refractivity contribution >= 4 is 40.9 Å². The third-order valence-corrected chi connectivity index (χ3v) is 4.40. The van der Waals surface area contributed by atoms with E-state index < -0.39 is 6.16 Å². The number of methoxy groups -OCH3 is 1. The summed E-state index contributed by atoms with van der Waals surface area (Å²) in [4.78, 5) is 15.2. The molecule has 2 aromatic rings. The zero-order valence-electron chi connectivity index (χ0n) is 14.8. The molecule has 0 spiro atoms. The molecule has 0 fully saturated rings. The number of halogens is 2. The van der Waals surface area contributed by atoms with E-state index in [1.165, 1.54) is 11.9 Å². The molecule has 0 bridgehead atoms. The lowest BCUT2D eigenvalue weighted by atomic mass is 10.3. The summed E-state index contributed by atoms with van der Waals surface area (Å²) in [6.45, 7) is 7.34. The second-order valence-electron chi connectivity index (χ2n) is 5.29. The number of nitrogens with one attached hydrogen (secondary N) is 1. The van der Waals surface area contributed by atoms with Crippen molar-refractivity contribution in [3.63, 3.8) is 0 Å². The first-order valence-electron chi connectivity index (χ1n) is 8.12. The molecule has 1 aromatic heterocycles. The second kappa shape index (κ2) is 9.61. The lowest BCUT2D eigenvalue weighted by Crippen LogP contribution is -2.27. The molecule has 0 aliphatic rings. The van der Waals surface area contributed by atoms with Crippen LogP contribution in [0.25, 0.3) is 0 Å². The van der Waals surface area contributed by atoms with Gasteiger partial charge in [0.2, 0.25) is 5.82 Å². The first kappa shape index (κ1) is 20.3. The Morgan fingerprint density at radius 2 is 1.96 bits per heavy atom. The summed E-state index contributed by atoms with van der Waals surface area (Å²) in [5, 5.41) is 12.4. The number of rotatable bonds is 8. The molecular formula is C16H21Cl2N5O3. The zero-order valence-corrected chi connectivity index (χ0v) is 16.3. The van der Waals surface area contributed by atoms with Crippen molar-refractivity contribution in [3.8, 4) is 5.88 Å². The highest BCUT2D eigenvalue weighted by Crippen LogP contribution is 2.29. The molecule has 0 radical (unpaired) electrons. The minimum absolute atomic E-state index is 0.0162. The molecule has 8 nitrogen and oxygen atoms in total. The number of nitrogens with zero attached hydrogens (tertiary/aromatic N) is 4. The molecule has 26 heavy (non-hydrogen) atoms. The molecule has 0 saturated heterocycles.